The summed E-state index contributed by atoms with van der Waals surface area (Å²) in [5.74, 6) is 0. The number of rotatable bonds is 2. The highest BCUT2D eigenvalue weighted by Gasteiger charge is 2.07. The van der Waals surface area contributed by atoms with Gasteiger partial charge >= 0.3 is 0 Å². The summed E-state index contributed by atoms with van der Waals surface area (Å²) in [6, 6.07) is 0. The first kappa shape index (κ1) is 10.0. The fourth-order valence-corrected chi connectivity index (χ4v) is 0.638. The van der Waals surface area contributed by atoms with E-state index in [2.05, 4.69) is 33.8 Å². The minimum Gasteiger partial charge on any atom is -0.0895 e. The summed E-state index contributed by atoms with van der Waals surface area (Å²) >= 11 is 5.83. The SMILES string of the molecule is CCC(Cl)=CCC(C)(C)C. The van der Waals surface area contributed by atoms with Gasteiger partial charge in [0.2, 0.25) is 0 Å². The first-order chi connectivity index (χ1) is 4.45. The summed E-state index contributed by atoms with van der Waals surface area (Å²) in [6.45, 7) is 8.71. The van der Waals surface area contributed by atoms with Gasteiger partial charge in [0.1, 0.15) is 0 Å². The Morgan fingerprint density at radius 1 is 1.40 bits per heavy atom. The maximum Gasteiger partial charge on any atom is 0.0138 e. The van der Waals surface area contributed by atoms with Gasteiger partial charge in [0.05, 0.1) is 0 Å². The van der Waals surface area contributed by atoms with Crippen molar-refractivity contribution < 1.29 is 0 Å². The average Bonchev–Trinajstić information content (AvgIpc) is 1.81. The quantitative estimate of drug-likeness (QED) is 0.574. The highest BCUT2D eigenvalue weighted by Crippen LogP contribution is 2.21. The Balaban J connectivity index is 3.73. The molecule has 0 aliphatic heterocycles. The van der Waals surface area contributed by atoms with Crippen LogP contribution in [0.2, 0.25) is 0 Å². The maximum atomic E-state index is 5.83. The van der Waals surface area contributed by atoms with E-state index < -0.39 is 0 Å². The minimum atomic E-state index is 0.370. The Morgan fingerprint density at radius 2 is 1.90 bits per heavy atom. The molecule has 0 rings (SSSR count). The van der Waals surface area contributed by atoms with Crippen LogP contribution in [-0.2, 0) is 0 Å². The molecule has 0 heterocycles. The zero-order chi connectivity index (χ0) is 8.20. The number of allylic oxidation sites excluding steroid dienone is 2. The molecule has 0 spiro atoms. The van der Waals surface area contributed by atoms with Gasteiger partial charge in [-0.15, -0.1) is 0 Å². The van der Waals surface area contributed by atoms with Crippen LogP contribution in [-0.4, -0.2) is 0 Å². The molecule has 0 unspecified atom stereocenters. The second kappa shape index (κ2) is 4.02. The van der Waals surface area contributed by atoms with Crippen molar-refractivity contribution >= 4 is 11.6 Å². The third kappa shape index (κ3) is 6.15. The molecule has 0 aliphatic carbocycles. The van der Waals surface area contributed by atoms with Crippen molar-refractivity contribution in [2.45, 2.75) is 40.5 Å². The molecule has 0 aliphatic rings. The molecule has 0 radical (unpaired) electrons. The van der Waals surface area contributed by atoms with Crippen molar-refractivity contribution in [2.24, 2.45) is 5.41 Å². The lowest BCUT2D eigenvalue weighted by Crippen LogP contribution is -2.02. The van der Waals surface area contributed by atoms with Crippen LogP contribution in [0.1, 0.15) is 40.5 Å². The van der Waals surface area contributed by atoms with Crippen molar-refractivity contribution in [1.29, 1.82) is 0 Å². The Bertz CT molecular complexity index is 117. The second-order valence-corrected chi connectivity index (χ2v) is 4.25. The molecule has 0 aromatic rings. The molecule has 0 saturated heterocycles. The smallest absolute Gasteiger partial charge is 0.0138 e. The van der Waals surface area contributed by atoms with Crippen LogP contribution >= 0.6 is 11.6 Å². The first-order valence-corrected chi connectivity index (χ1v) is 4.18. The van der Waals surface area contributed by atoms with Crippen molar-refractivity contribution in [3.8, 4) is 0 Å². The van der Waals surface area contributed by atoms with E-state index in [-0.39, 0.29) is 0 Å². The standard InChI is InChI=1S/C9H17Cl/c1-5-8(10)6-7-9(2,3)4/h6H,5,7H2,1-4H3. The van der Waals surface area contributed by atoms with E-state index in [1.54, 1.807) is 0 Å². The van der Waals surface area contributed by atoms with Gasteiger partial charge in [-0.05, 0) is 18.3 Å². The van der Waals surface area contributed by atoms with Crippen LogP contribution in [0.3, 0.4) is 0 Å². The average molecular weight is 161 g/mol. The summed E-state index contributed by atoms with van der Waals surface area (Å²) in [5, 5.41) is 0.981. The van der Waals surface area contributed by atoms with E-state index in [1.807, 2.05) is 0 Å². The van der Waals surface area contributed by atoms with Crippen LogP contribution in [0.15, 0.2) is 11.1 Å². The van der Waals surface area contributed by atoms with Crippen molar-refractivity contribution in [2.75, 3.05) is 0 Å². The van der Waals surface area contributed by atoms with E-state index in [0.29, 0.717) is 5.41 Å². The number of halogens is 1. The molecule has 0 N–H and O–H groups in total. The van der Waals surface area contributed by atoms with Gasteiger partial charge in [-0.2, -0.15) is 0 Å². The van der Waals surface area contributed by atoms with Gasteiger partial charge < -0.3 is 0 Å². The summed E-state index contributed by atoms with van der Waals surface area (Å²) in [4.78, 5) is 0. The van der Waals surface area contributed by atoms with E-state index in [0.717, 1.165) is 17.9 Å². The Kier molecular flexibility index (Phi) is 4.04. The minimum absolute atomic E-state index is 0.370. The van der Waals surface area contributed by atoms with Gasteiger partial charge in [0.25, 0.3) is 0 Å². The number of hydrogen-bond donors (Lipinski definition) is 0. The van der Waals surface area contributed by atoms with Crippen molar-refractivity contribution in [3.05, 3.63) is 11.1 Å². The predicted octanol–water partition coefficient (Wildman–Crippen LogP) is 3.96. The number of hydrogen-bond acceptors (Lipinski definition) is 0. The normalized spacial score (nSPS) is 13.9. The molecule has 10 heavy (non-hydrogen) atoms. The van der Waals surface area contributed by atoms with Gasteiger partial charge in [-0.1, -0.05) is 45.4 Å². The molecule has 0 saturated carbocycles. The summed E-state index contributed by atoms with van der Waals surface area (Å²) in [5.41, 5.74) is 0.370. The van der Waals surface area contributed by atoms with Crippen LogP contribution in [0.4, 0.5) is 0 Å². The van der Waals surface area contributed by atoms with E-state index in [9.17, 15) is 0 Å². The molecule has 0 bridgehead atoms. The van der Waals surface area contributed by atoms with Gasteiger partial charge in [-0.25, -0.2) is 0 Å². The highest BCUT2D eigenvalue weighted by molar-refractivity contribution is 6.29. The summed E-state index contributed by atoms with van der Waals surface area (Å²) in [6.07, 6.45) is 4.14. The summed E-state index contributed by atoms with van der Waals surface area (Å²) < 4.78 is 0. The molecule has 60 valence electrons. The Hall–Kier alpha value is 0.0300. The lowest BCUT2D eigenvalue weighted by molar-refractivity contribution is 0.420. The lowest BCUT2D eigenvalue weighted by Gasteiger charge is -2.14. The van der Waals surface area contributed by atoms with E-state index in [1.165, 1.54) is 0 Å². The molecular formula is C9H17Cl. The topological polar surface area (TPSA) is 0 Å². The molecule has 0 aromatic carbocycles. The second-order valence-electron chi connectivity index (χ2n) is 3.77. The lowest BCUT2D eigenvalue weighted by atomic mass is 9.92. The van der Waals surface area contributed by atoms with Gasteiger partial charge in [0, 0.05) is 5.03 Å². The first-order valence-electron chi connectivity index (χ1n) is 3.80. The molecule has 0 amide bonds. The van der Waals surface area contributed by atoms with E-state index in [4.69, 9.17) is 11.6 Å². The summed E-state index contributed by atoms with van der Waals surface area (Å²) in [7, 11) is 0. The van der Waals surface area contributed by atoms with Crippen LogP contribution in [0.25, 0.3) is 0 Å². The third-order valence-corrected chi connectivity index (χ3v) is 1.70. The molecule has 0 fully saturated rings. The fourth-order valence-electron chi connectivity index (χ4n) is 0.561. The largest absolute Gasteiger partial charge is 0.0895 e. The Morgan fingerprint density at radius 3 is 2.20 bits per heavy atom. The zero-order valence-corrected chi connectivity index (χ0v) is 8.13. The highest BCUT2D eigenvalue weighted by atomic mass is 35.5. The van der Waals surface area contributed by atoms with Crippen LogP contribution in [0, 0.1) is 5.41 Å². The van der Waals surface area contributed by atoms with Crippen molar-refractivity contribution in [3.63, 3.8) is 0 Å². The van der Waals surface area contributed by atoms with Crippen LogP contribution < -0.4 is 0 Å². The molecule has 0 aromatic heterocycles. The predicted molar refractivity (Wildman–Crippen MR) is 48.3 cm³/mol. The van der Waals surface area contributed by atoms with E-state index >= 15 is 0 Å². The maximum absolute atomic E-state index is 5.83. The molecular weight excluding hydrogens is 144 g/mol. The molecule has 0 nitrogen and oxygen atoms in total. The van der Waals surface area contributed by atoms with Crippen molar-refractivity contribution in [1.82, 2.24) is 0 Å². The monoisotopic (exact) mass is 160 g/mol. The molecule has 1 heteroatoms. The Labute approximate surface area is 69.3 Å². The zero-order valence-electron chi connectivity index (χ0n) is 7.37. The van der Waals surface area contributed by atoms with Gasteiger partial charge in [-0.3, -0.25) is 0 Å². The van der Waals surface area contributed by atoms with Gasteiger partial charge in [0.15, 0.2) is 0 Å². The van der Waals surface area contributed by atoms with Crippen LogP contribution in [0.5, 0.6) is 0 Å². The molecule has 0 atom stereocenters. The fraction of sp³-hybridized carbons (Fsp3) is 0.778. The third-order valence-electron chi connectivity index (χ3n) is 1.27.